The average Bonchev–Trinajstić information content (AvgIpc) is 2.93. The lowest BCUT2D eigenvalue weighted by Crippen LogP contribution is -2.36. The molecule has 0 radical (unpaired) electrons. The Kier molecular flexibility index (Phi) is 2.78. The third-order valence-corrected chi connectivity index (χ3v) is 4.09. The van der Waals surface area contributed by atoms with E-state index in [1.165, 1.54) is 6.07 Å². The van der Waals surface area contributed by atoms with Crippen molar-refractivity contribution >= 4 is 17.5 Å². The molecule has 0 bridgehead atoms. The Morgan fingerprint density at radius 1 is 1.38 bits per heavy atom. The summed E-state index contributed by atoms with van der Waals surface area (Å²) >= 11 is 0. The average molecular weight is 299 g/mol. The van der Waals surface area contributed by atoms with E-state index in [1.807, 2.05) is 0 Å². The van der Waals surface area contributed by atoms with Crippen LogP contribution in [-0.2, 0) is 21.2 Å². The number of fused-ring (bicyclic) bond motifs is 2. The zero-order valence-electron chi connectivity index (χ0n) is 10.8. The van der Waals surface area contributed by atoms with E-state index in [4.69, 9.17) is 5.73 Å². The Morgan fingerprint density at radius 3 is 2.67 bits per heavy atom. The van der Waals surface area contributed by atoms with Crippen molar-refractivity contribution in [2.75, 3.05) is 11.9 Å². The molecule has 8 heteroatoms. The number of benzene rings is 1. The number of carbonyl (C=O) groups is 2. The van der Waals surface area contributed by atoms with Crippen molar-refractivity contribution in [1.82, 2.24) is 5.32 Å². The molecule has 21 heavy (non-hydrogen) atoms. The van der Waals surface area contributed by atoms with E-state index in [1.54, 1.807) is 0 Å². The Hall–Kier alpha value is -2.09. The Balaban J connectivity index is 2.02. The molecule has 2 atom stereocenters. The maximum atomic E-state index is 12.7. The van der Waals surface area contributed by atoms with Gasteiger partial charge < -0.3 is 16.4 Å². The number of carbonyl (C=O) groups excluding carboxylic acids is 2. The highest BCUT2D eigenvalue weighted by atomic mass is 19.4. The fraction of sp³-hybridized carbons (Fsp3) is 0.385. The number of primary amides is 1. The number of anilines is 1. The quantitative estimate of drug-likeness (QED) is 0.715. The van der Waals surface area contributed by atoms with Crippen molar-refractivity contribution in [3.8, 4) is 0 Å². The molecule has 2 aliphatic heterocycles. The van der Waals surface area contributed by atoms with Crippen LogP contribution in [0.15, 0.2) is 18.2 Å². The van der Waals surface area contributed by atoms with E-state index < -0.39 is 35.0 Å². The van der Waals surface area contributed by atoms with E-state index in [-0.39, 0.29) is 18.7 Å². The number of alkyl halides is 3. The second-order valence-corrected chi connectivity index (χ2v) is 5.33. The number of hydrogen-bond donors (Lipinski definition) is 3. The lowest BCUT2D eigenvalue weighted by Gasteiger charge is -2.20. The van der Waals surface area contributed by atoms with Gasteiger partial charge >= 0.3 is 6.18 Å². The smallest absolute Gasteiger partial charge is 0.368 e. The van der Waals surface area contributed by atoms with Crippen LogP contribution >= 0.6 is 0 Å². The highest BCUT2D eigenvalue weighted by Crippen LogP contribution is 2.45. The number of halogens is 3. The monoisotopic (exact) mass is 299 g/mol. The van der Waals surface area contributed by atoms with Crippen molar-refractivity contribution < 1.29 is 22.8 Å². The molecule has 1 unspecified atom stereocenters. The van der Waals surface area contributed by atoms with E-state index >= 15 is 0 Å². The minimum atomic E-state index is -4.47. The molecule has 3 rings (SSSR count). The highest BCUT2D eigenvalue weighted by molar-refractivity contribution is 6.07. The van der Waals surface area contributed by atoms with Gasteiger partial charge in [-0.15, -0.1) is 0 Å². The third-order valence-electron chi connectivity index (χ3n) is 4.09. The first-order valence-corrected chi connectivity index (χ1v) is 6.30. The van der Waals surface area contributed by atoms with Gasteiger partial charge in [0.05, 0.1) is 17.0 Å². The van der Waals surface area contributed by atoms with Crippen molar-refractivity contribution in [2.24, 2.45) is 5.73 Å². The maximum Gasteiger partial charge on any atom is 0.416 e. The molecule has 0 saturated carbocycles. The largest absolute Gasteiger partial charge is 0.416 e. The molecular weight excluding hydrogens is 287 g/mol. The lowest BCUT2D eigenvalue weighted by atomic mass is 9.79. The molecule has 1 spiro atoms. The molecule has 4 N–H and O–H groups in total. The number of hydrogen-bond acceptors (Lipinski definition) is 3. The molecule has 2 heterocycles. The predicted molar refractivity (Wildman–Crippen MR) is 67.4 cm³/mol. The molecule has 1 fully saturated rings. The molecule has 0 aliphatic carbocycles. The van der Waals surface area contributed by atoms with Gasteiger partial charge in [0.1, 0.15) is 0 Å². The lowest BCUT2D eigenvalue weighted by molar-refractivity contribution is -0.137. The summed E-state index contributed by atoms with van der Waals surface area (Å²) in [4.78, 5) is 23.4. The van der Waals surface area contributed by atoms with Gasteiger partial charge in [0.2, 0.25) is 11.8 Å². The summed E-state index contributed by atoms with van der Waals surface area (Å²) in [5, 5.41) is 5.32. The number of amides is 2. The second kappa shape index (κ2) is 4.20. The van der Waals surface area contributed by atoms with Gasteiger partial charge in [-0.3, -0.25) is 9.59 Å². The van der Waals surface area contributed by atoms with Crippen LogP contribution in [0, 0.1) is 0 Å². The van der Waals surface area contributed by atoms with E-state index in [0.717, 1.165) is 12.1 Å². The van der Waals surface area contributed by atoms with Crippen molar-refractivity contribution in [2.45, 2.75) is 24.1 Å². The standard InChI is InChI=1S/C13H12F3N3O2/c14-13(15,16)6-1-2-7-8(3-6)19-11(21)12(7)4-9(10(17)20)18-5-12/h1-3,9,18H,4-5H2,(H2,17,20)(H,19,21)/t9-,12?/m0/s1. The van der Waals surface area contributed by atoms with Gasteiger partial charge in [0.15, 0.2) is 0 Å². The van der Waals surface area contributed by atoms with Crippen LogP contribution in [-0.4, -0.2) is 24.4 Å². The summed E-state index contributed by atoms with van der Waals surface area (Å²) in [6, 6.07) is 2.49. The molecule has 112 valence electrons. The van der Waals surface area contributed by atoms with Gasteiger partial charge in [0.25, 0.3) is 0 Å². The van der Waals surface area contributed by atoms with Crippen LogP contribution in [0.4, 0.5) is 18.9 Å². The van der Waals surface area contributed by atoms with E-state index in [9.17, 15) is 22.8 Å². The van der Waals surface area contributed by atoms with Crippen LogP contribution in [0.1, 0.15) is 17.5 Å². The van der Waals surface area contributed by atoms with Crippen molar-refractivity contribution in [3.63, 3.8) is 0 Å². The van der Waals surface area contributed by atoms with E-state index in [2.05, 4.69) is 10.6 Å². The van der Waals surface area contributed by atoms with Crippen LogP contribution in [0.3, 0.4) is 0 Å². The topological polar surface area (TPSA) is 84.2 Å². The minimum Gasteiger partial charge on any atom is -0.368 e. The molecular formula is C13H12F3N3O2. The number of nitrogens with one attached hydrogen (secondary N) is 2. The predicted octanol–water partition coefficient (Wildman–Crippen LogP) is 0.743. The molecule has 5 nitrogen and oxygen atoms in total. The third kappa shape index (κ3) is 1.98. The van der Waals surface area contributed by atoms with E-state index in [0.29, 0.717) is 5.56 Å². The number of rotatable bonds is 1. The molecule has 1 aromatic rings. The van der Waals surface area contributed by atoms with Crippen LogP contribution in [0.2, 0.25) is 0 Å². The normalized spacial score (nSPS) is 27.8. The fourth-order valence-corrected chi connectivity index (χ4v) is 2.98. The summed E-state index contributed by atoms with van der Waals surface area (Å²) in [6.45, 7) is 0.171. The minimum absolute atomic E-state index is 0.141. The van der Waals surface area contributed by atoms with Gasteiger partial charge in [-0.25, -0.2) is 0 Å². The summed E-state index contributed by atoms with van der Waals surface area (Å²) in [5.74, 6) is -0.992. The van der Waals surface area contributed by atoms with Gasteiger partial charge in [0, 0.05) is 12.2 Å². The molecule has 1 aromatic carbocycles. The zero-order valence-corrected chi connectivity index (χ0v) is 10.8. The highest BCUT2D eigenvalue weighted by Gasteiger charge is 2.53. The van der Waals surface area contributed by atoms with Crippen molar-refractivity contribution in [1.29, 1.82) is 0 Å². The number of nitrogens with two attached hydrogens (primary N) is 1. The van der Waals surface area contributed by atoms with Crippen LogP contribution < -0.4 is 16.4 Å². The fourth-order valence-electron chi connectivity index (χ4n) is 2.98. The molecule has 2 aliphatic rings. The summed E-state index contributed by atoms with van der Waals surface area (Å²) < 4.78 is 38.1. The maximum absolute atomic E-state index is 12.7. The second-order valence-electron chi connectivity index (χ2n) is 5.33. The zero-order chi connectivity index (χ0) is 15.4. The van der Waals surface area contributed by atoms with Crippen molar-refractivity contribution in [3.05, 3.63) is 29.3 Å². The first-order valence-electron chi connectivity index (χ1n) is 6.30. The van der Waals surface area contributed by atoms with Crippen LogP contribution in [0.5, 0.6) is 0 Å². The van der Waals surface area contributed by atoms with Crippen LogP contribution in [0.25, 0.3) is 0 Å². The summed E-state index contributed by atoms with van der Waals surface area (Å²) in [7, 11) is 0. The Morgan fingerprint density at radius 2 is 2.10 bits per heavy atom. The van der Waals surface area contributed by atoms with Gasteiger partial charge in [-0.1, -0.05) is 6.07 Å². The summed E-state index contributed by atoms with van der Waals surface area (Å²) in [5.41, 5.74) is 3.97. The van der Waals surface area contributed by atoms with Gasteiger partial charge in [-0.2, -0.15) is 13.2 Å². The Labute approximate surface area is 117 Å². The summed E-state index contributed by atoms with van der Waals surface area (Å²) in [6.07, 6.45) is -4.33. The van der Waals surface area contributed by atoms with Gasteiger partial charge in [-0.05, 0) is 24.1 Å². The molecule has 1 saturated heterocycles. The molecule has 2 amide bonds. The first kappa shape index (κ1) is 13.9. The Bertz CT molecular complexity index is 644. The SMILES string of the molecule is NC(=O)[C@@H]1CC2(CN1)C(=O)Nc1cc(C(F)(F)F)ccc12. The molecule has 0 aromatic heterocycles. The first-order chi connectivity index (χ1) is 9.74.